The highest BCUT2D eigenvalue weighted by atomic mass is 35.5. The number of nitrogens with one attached hydrogen (secondary N) is 1. The van der Waals surface area contributed by atoms with Crippen molar-refractivity contribution in [3.63, 3.8) is 0 Å². The van der Waals surface area contributed by atoms with Gasteiger partial charge in [0, 0.05) is 6.54 Å². The number of nitrogens with zero attached hydrogens (tertiary/aromatic N) is 1. The van der Waals surface area contributed by atoms with Crippen LogP contribution < -0.4 is 10.1 Å². The molecule has 0 aromatic heterocycles. The van der Waals surface area contributed by atoms with E-state index in [-0.39, 0.29) is 12.4 Å². The summed E-state index contributed by atoms with van der Waals surface area (Å²) in [4.78, 5) is 2.67. The predicted molar refractivity (Wildman–Crippen MR) is 94.3 cm³/mol. The SMILES string of the molecule is COc1cccc(C2CCN(CC3CCCNC3)CC2)c1.Cl. The predicted octanol–water partition coefficient (Wildman–Crippen LogP) is 3.30. The first-order chi connectivity index (χ1) is 10.3. The molecule has 2 fully saturated rings. The maximum atomic E-state index is 5.35. The van der Waals surface area contributed by atoms with Crippen molar-refractivity contribution in [1.29, 1.82) is 0 Å². The quantitative estimate of drug-likeness (QED) is 0.919. The Morgan fingerprint density at radius 3 is 2.73 bits per heavy atom. The highest BCUT2D eigenvalue weighted by molar-refractivity contribution is 5.85. The van der Waals surface area contributed by atoms with E-state index in [2.05, 4.69) is 28.4 Å². The molecule has 0 spiro atoms. The minimum atomic E-state index is 0. The highest BCUT2D eigenvalue weighted by Crippen LogP contribution is 2.30. The number of hydrogen-bond acceptors (Lipinski definition) is 3. The van der Waals surface area contributed by atoms with Crippen molar-refractivity contribution in [1.82, 2.24) is 10.2 Å². The molecule has 3 nitrogen and oxygen atoms in total. The van der Waals surface area contributed by atoms with Crippen LogP contribution in [0.2, 0.25) is 0 Å². The zero-order valence-electron chi connectivity index (χ0n) is 13.6. The summed E-state index contributed by atoms with van der Waals surface area (Å²) in [6.45, 7) is 6.22. The average molecular weight is 325 g/mol. The monoisotopic (exact) mass is 324 g/mol. The maximum absolute atomic E-state index is 5.35. The van der Waals surface area contributed by atoms with Gasteiger partial charge in [0.2, 0.25) is 0 Å². The third-order valence-electron chi connectivity index (χ3n) is 5.07. The van der Waals surface area contributed by atoms with Crippen LogP contribution in [0, 0.1) is 5.92 Å². The molecule has 0 amide bonds. The molecule has 1 atom stereocenters. The molecule has 1 N–H and O–H groups in total. The number of methoxy groups -OCH3 is 1. The Hall–Kier alpha value is -0.770. The summed E-state index contributed by atoms with van der Waals surface area (Å²) < 4.78 is 5.35. The molecule has 2 aliphatic heterocycles. The molecule has 1 aromatic carbocycles. The van der Waals surface area contributed by atoms with E-state index in [0.29, 0.717) is 5.92 Å². The van der Waals surface area contributed by atoms with Crippen LogP contribution in [0.15, 0.2) is 24.3 Å². The fourth-order valence-corrected chi connectivity index (χ4v) is 3.79. The zero-order chi connectivity index (χ0) is 14.5. The number of hydrogen-bond donors (Lipinski definition) is 1. The van der Waals surface area contributed by atoms with Crippen LogP contribution in [0.1, 0.15) is 37.2 Å². The first-order valence-electron chi connectivity index (χ1n) is 8.42. The summed E-state index contributed by atoms with van der Waals surface area (Å²) in [5.74, 6) is 2.57. The third kappa shape index (κ3) is 4.61. The molecule has 2 heterocycles. The van der Waals surface area contributed by atoms with Gasteiger partial charge in [0.1, 0.15) is 5.75 Å². The molecule has 2 saturated heterocycles. The lowest BCUT2D eigenvalue weighted by atomic mass is 9.88. The Bertz CT molecular complexity index is 440. The molecule has 1 unspecified atom stereocenters. The largest absolute Gasteiger partial charge is 0.497 e. The van der Waals surface area contributed by atoms with Crippen LogP contribution in [-0.4, -0.2) is 44.7 Å². The van der Waals surface area contributed by atoms with E-state index in [4.69, 9.17) is 4.74 Å². The number of ether oxygens (including phenoxy) is 1. The number of rotatable bonds is 4. The van der Waals surface area contributed by atoms with Gasteiger partial charge in [-0.2, -0.15) is 0 Å². The molecule has 3 rings (SSSR count). The van der Waals surface area contributed by atoms with Gasteiger partial charge in [-0.25, -0.2) is 0 Å². The van der Waals surface area contributed by atoms with Gasteiger partial charge in [0.25, 0.3) is 0 Å². The molecule has 22 heavy (non-hydrogen) atoms. The number of benzene rings is 1. The average Bonchev–Trinajstić information content (AvgIpc) is 2.56. The second-order valence-corrected chi connectivity index (χ2v) is 6.56. The lowest BCUT2D eigenvalue weighted by Crippen LogP contribution is -2.41. The fraction of sp³-hybridized carbons (Fsp3) is 0.667. The summed E-state index contributed by atoms with van der Waals surface area (Å²) in [6.07, 6.45) is 5.33. The van der Waals surface area contributed by atoms with Gasteiger partial charge in [0.05, 0.1) is 7.11 Å². The molecule has 0 radical (unpaired) electrons. The lowest BCUT2D eigenvalue weighted by Gasteiger charge is -2.35. The second kappa shape index (κ2) is 8.76. The fourth-order valence-electron chi connectivity index (χ4n) is 3.79. The smallest absolute Gasteiger partial charge is 0.119 e. The molecular weight excluding hydrogens is 296 g/mol. The molecule has 0 bridgehead atoms. The minimum absolute atomic E-state index is 0. The van der Waals surface area contributed by atoms with Crippen molar-refractivity contribution in [2.45, 2.75) is 31.6 Å². The maximum Gasteiger partial charge on any atom is 0.119 e. The van der Waals surface area contributed by atoms with E-state index < -0.39 is 0 Å². The first-order valence-corrected chi connectivity index (χ1v) is 8.42. The van der Waals surface area contributed by atoms with Crippen molar-refractivity contribution >= 4 is 12.4 Å². The van der Waals surface area contributed by atoms with Crippen molar-refractivity contribution in [2.75, 3.05) is 39.8 Å². The Labute approximate surface area is 140 Å². The normalized spacial score (nSPS) is 23.8. The minimum Gasteiger partial charge on any atom is -0.497 e. The van der Waals surface area contributed by atoms with Crippen LogP contribution in [0.5, 0.6) is 5.75 Å². The van der Waals surface area contributed by atoms with E-state index in [1.165, 1.54) is 64.0 Å². The topological polar surface area (TPSA) is 24.5 Å². The highest BCUT2D eigenvalue weighted by Gasteiger charge is 2.23. The number of piperidine rings is 2. The van der Waals surface area contributed by atoms with Crippen molar-refractivity contribution in [2.24, 2.45) is 5.92 Å². The van der Waals surface area contributed by atoms with Gasteiger partial charge in [-0.1, -0.05) is 12.1 Å². The van der Waals surface area contributed by atoms with Crippen LogP contribution in [0.25, 0.3) is 0 Å². The molecule has 4 heteroatoms. The van der Waals surface area contributed by atoms with E-state index in [9.17, 15) is 0 Å². The lowest BCUT2D eigenvalue weighted by molar-refractivity contribution is 0.169. The number of halogens is 1. The van der Waals surface area contributed by atoms with E-state index >= 15 is 0 Å². The van der Waals surface area contributed by atoms with Gasteiger partial charge in [0.15, 0.2) is 0 Å². The first kappa shape index (κ1) is 17.6. The van der Waals surface area contributed by atoms with Crippen LogP contribution in [0.4, 0.5) is 0 Å². The Balaban J connectivity index is 0.00000176. The summed E-state index contributed by atoms with van der Waals surface area (Å²) in [7, 11) is 1.75. The number of likely N-dealkylation sites (tertiary alicyclic amines) is 1. The Morgan fingerprint density at radius 1 is 1.23 bits per heavy atom. The van der Waals surface area contributed by atoms with Gasteiger partial charge >= 0.3 is 0 Å². The van der Waals surface area contributed by atoms with Gasteiger partial charge in [-0.05, 0) is 81.4 Å². The molecule has 2 aliphatic rings. The molecule has 1 aromatic rings. The molecular formula is C18H29ClN2O. The van der Waals surface area contributed by atoms with Crippen molar-refractivity contribution in [3.05, 3.63) is 29.8 Å². The van der Waals surface area contributed by atoms with Gasteiger partial charge in [-0.15, -0.1) is 12.4 Å². The van der Waals surface area contributed by atoms with Crippen LogP contribution >= 0.6 is 12.4 Å². The molecule has 0 saturated carbocycles. The Morgan fingerprint density at radius 2 is 2.05 bits per heavy atom. The molecule has 0 aliphatic carbocycles. The van der Waals surface area contributed by atoms with Gasteiger partial charge < -0.3 is 15.0 Å². The van der Waals surface area contributed by atoms with Gasteiger partial charge in [-0.3, -0.25) is 0 Å². The summed E-state index contributed by atoms with van der Waals surface area (Å²) in [5, 5.41) is 3.53. The third-order valence-corrected chi connectivity index (χ3v) is 5.07. The Kier molecular flexibility index (Phi) is 7.00. The van der Waals surface area contributed by atoms with Crippen molar-refractivity contribution < 1.29 is 4.74 Å². The van der Waals surface area contributed by atoms with E-state index in [1.54, 1.807) is 7.11 Å². The summed E-state index contributed by atoms with van der Waals surface area (Å²) in [5.41, 5.74) is 1.45. The van der Waals surface area contributed by atoms with E-state index in [1.807, 2.05) is 6.07 Å². The second-order valence-electron chi connectivity index (χ2n) is 6.56. The zero-order valence-corrected chi connectivity index (χ0v) is 14.4. The standard InChI is InChI=1S/C18H28N2O.ClH/c1-21-18-6-2-5-17(12-18)16-7-10-20(11-8-16)14-15-4-3-9-19-13-15;/h2,5-6,12,15-16,19H,3-4,7-11,13-14H2,1H3;1H. The summed E-state index contributed by atoms with van der Waals surface area (Å²) in [6, 6.07) is 8.63. The van der Waals surface area contributed by atoms with Crippen LogP contribution in [-0.2, 0) is 0 Å². The van der Waals surface area contributed by atoms with Crippen molar-refractivity contribution in [3.8, 4) is 5.75 Å². The summed E-state index contributed by atoms with van der Waals surface area (Å²) >= 11 is 0. The van der Waals surface area contributed by atoms with Crippen LogP contribution in [0.3, 0.4) is 0 Å². The van der Waals surface area contributed by atoms with E-state index in [0.717, 1.165) is 11.7 Å². The molecule has 124 valence electrons.